The number of hydrogen-bond acceptors (Lipinski definition) is 7. The van der Waals surface area contributed by atoms with Crippen molar-refractivity contribution in [3.8, 4) is 0 Å². The van der Waals surface area contributed by atoms with Gasteiger partial charge in [0.05, 0.1) is 19.8 Å². The van der Waals surface area contributed by atoms with Crippen LogP contribution in [-0.2, 0) is 33.4 Å². The van der Waals surface area contributed by atoms with Crippen molar-refractivity contribution in [2.75, 3.05) is 19.8 Å². The van der Waals surface area contributed by atoms with E-state index in [-0.39, 0.29) is 44.7 Å². The number of carboxylic acids is 1. The Balaban J connectivity index is 5.11. The van der Waals surface area contributed by atoms with Crippen LogP contribution in [0.15, 0.2) is 49.1 Å². The molecule has 26 heavy (non-hydrogen) atoms. The Morgan fingerprint density at radius 1 is 0.692 bits per heavy atom. The third-order valence-electron chi connectivity index (χ3n) is 3.08. The van der Waals surface area contributed by atoms with Gasteiger partial charge < -0.3 is 19.3 Å². The first-order valence-electron chi connectivity index (χ1n) is 7.67. The number of aliphatic carboxylic acids is 1. The zero-order chi connectivity index (χ0) is 19.9. The Hall–Kier alpha value is -3.16. The Morgan fingerprint density at radius 3 is 1.35 bits per heavy atom. The number of ether oxygens (including phenoxy) is 3. The van der Waals surface area contributed by atoms with Crippen molar-refractivity contribution < 1.29 is 38.5 Å². The fraction of sp³-hybridized carbons (Fsp3) is 0.333. The van der Waals surface area contributed by atoms with Crippen molar-refractivity contribution in [2.24, 2.45) is 0 Å². The Labute approximate surface area is 151 Å². The van der Waals surface area contributed by atoms with Crippen LogP contribution in [0.1, 0.15) is 19.3 Å². The van der Waals surface area contributed by atoms with E-state index in [9.17, 15) is 24.3 Å². The van der Waals surface area contributed by atoms with Gasteiger partial charge in [0, 0.05) is 43.1 Å². The maximum Gasteiger partial charge on any atom is 0.331 e. The van der Waals surface area contributed by atoms with Crippen molar-refractivity contribution in [1.82, 2.24) is 0 Å². The highest BCUT2D eigenvalue weighted by molar-refractivity contribution is 5.88. The van der Waals surface area contributed by atoms with Crippen LogP contribution in [0.25, 0.3) is 0 Å². The van der Waals surface area contributed by atoms with Gasteiger partial charge >= 0.3 is 23.9 Å². The van der Waals surface area contributed by atoms with Crippen LogP contribution < -0.4 is 0 Å². The molecule has 0 amide bonds. The summed E-state index contributed by atoms with van der Waals surface area (Å²) in [5.41, 5.74) is 0.395. The molecule has 0 aliphatic rings. The standard InChI is InChI=1S/C18H22O8/c1-4-15(19)24-10-7-13(8-11-25-16(20)5-2)14(18(22)23)9-12-26-17(21)6-3/h4-6H,1-3,7-12H2,(H,22,23). The van der Waals surface area contributed by atoms with Crippen LogP contribution in [0, 0.1) is 0 Å². The fourth-order valence-electron chi connectivity index (χ4n) is 1.84. The number of carbonyl (C=O) groups excluding carboxylic acids is 3. The van der Waals surface area contributed by atoms with Gasteiger partial charge in [-0.1, -0.05) is 25.3 Å². The largest absolute Gasteiger partial charge is 0.478 e. The Bertz CT molecular complexity index is 572. The molecule has 0 aromatic heterocycles. The lowest BCUT2D eigenvalue weighted by Gasteiger charge is -2.13. The zero-order valence-corrected chi connectivity index (χ0v) is 14.4. The minimum Gasteiger partial charge on any atom is -0.478 e. The molecule has 0 fully saturated rings. The second kappa shape index (κ2) is 13.2. The number of carbonyl (C=O) groups is 4. The van der Waals surface area contributed by atoms with Crippen molar-refractivity contribution in [2.45, 2.75) is 19.3 Å². The summed E-state index contributed by atoms with van der Waals surface area (Å²) in [6.07, 6.45) is 3.11. The maximum atomic E-state index is 11.5. The summed E-state index contributed by atoms with van der Waals surface area (Å²) < 4.78 is 14.5. The molecule has 0 bridgehead atoms. The molecule has 0 heterocycles. The molecule has 0 aliphatic heterocycles. The molecule has 0 aliphatic carbocycles. The SMILES string of the molecule is C=CC(=O)OCCC(CCOC(=O)C=C)=C(CCOC(=O)C=C)C(=O)O. The molecule has 0 atom stereocenters. The second-order valence-electron chi connectivity index (χ2n) is 4.75. The van der Waals surface area contributed by atoms with Gasteiger partial charge in [-0.05, 0) is 0 Å². The molecule has 0 aromatic carbocycles. The highest BCUT2D eigenvalue weighted by atomic mass is 16.5. The van der Waals surface area contributed by atoms with Gasteiger partial charge in [0.15, 0.2) is 0 Å². The number of esters is 3. The van der Waals surface area contributed by atoms with Crippen molar-refractivity contribution >= 4 is 23.9 Å². The van der Waals surface area contributed by atoms with E-state index in [4.69, 9.17) is 14.2 Å². The molecule has 8 heteroatoms. The molecule has 0 unspecified atom stereocenters. The third kappa shape index (κ3) is 9.86. The fourth-order valence-corrected chi connectivity index (χ4v) is 1.84. The minimum absolute atomic E-state index is 0.00818. The lowest BCUT2D eigenvalue weighted by Crippen LogP contribution is -2.13. The van der Waals surface area contributed by atoms with Gasteiger partial charge in [-0.25, -0.2) is 19.2 Å². The topological polar surface area (TPSA) is 116 Å². The van der Waals surface area contributed by atoms with E-state index in [1.54, 1.807) is 0 Å². The molecule has 0 radical (unpaired) electrons. The van der Waals surface area contributed by atoms with Crippen LogP contribution in [0.3, 0.4) is 0 Å². The third-order valence-corrected chi connectivity index (χ3v) is 3.08. The first kappa shape index (κ1) is 22.8. The van der Waals surface area contributed by atoms with E-state index in [2.05, 4.69) is 19.7 Å². The molecule has 142 valence electrons. The van der Waals surface area contributed by atoms with Gasteiger partial charge in [0.2, 0.25) is 0 Å². The monoisotopic (exact) mass is 366 g/mol. The van der Waals surface area contributed by atoms with Gasteiger partial charge in [-0.2, -0.15) is 0 Å². The smallest absolute Gasteiger partial charge is 0.331 e. The average molecular weight is 366 g/mol. The quantitative estimate of drug-likeness (QED) is 0.298. The first-order valence-corrected chi connectivity index (χ1v) is 7.67. The zero-order valence-electron chi connectivity index (χ0n) is 14.4. The molecule has 0 rings (SSSR count). The summed E-state index contributed by atoms with van der Waals surface area (Å²) in [7, 11) is 0. The normalized spacial score (nSPS) is 9.38. The summed E-state index contributed by atoms with van der Waals surface area (Å²) in [5.74, 6) is -3.16. The van der Waals surface area contributed by atoms with Crippen LogP contribution in [0.4, 0.5) is 0 Å². The van der Waals surface area contributed by atoms with Crippen molar-refractivity contribution in [3.05, 3.63) is 49.1 Å². The Morgan fingerprint density at radius 2 is 1.04 bits per heavy atom. The van der Waals surface area contributed by atoms with E-state index in [0.717, 1.165) is 18.2 Å². The molecule has 1 N–H and O–H groups in total. The van der Waals surface area contributed by atoms with E-state index in [1.807, 2.05) is 0 Å². The number of carboxylic acid groups (broad SMARTS) is 1. The summed E-state index contributed by atoms with van der Waals surface area (Å²) >= 11 is 0. The molecular formula is C18H22O8. The molecule has 0 aromatic rings. The number of hydrogen-bond donors (Lipinski definition) is 1. The van der Waals surface area contributed by atoms with Crippen molar-refractivity contribution in [3.63, 3.8) is 0 Å². The lowest BCUT2D eigenvalue weighted by atomic mass is 10.00. The highest BCUT2D eigenvalue weighted by Crippen LogP contribution is 2.18. The van der Waals surface area contributed by atoms with E-state index in [0.29, 0.717) is 5.57 Å². The summed E-state index contributed by atoms with van der Waals surface area (Å²) in [6, 6.07) is 0. The summed E-state index contributed by atoms with van der Waals surface area (Å²) in [4.78, 5) is 44.8. The van der Waals surface area contributed by atoms with Gasteiger partial charge in [0.25, 0.3) is 0 Å². The maximum absolute atomic E-state index is 11.5. The first-order chi connectivity index (χ1) is 12.3. The van der Waals surface area contributed by atoms with Crippen LogP contribution in [0.2, 0.25) is 0 Å². The predicted molar refractivity (Wildman–Crippen MR) is 92.0 cm³/mol. The summed E-state index contributed by atoms with van der Waals surface area (Å²) in [5, 5.41) is 9.41. The van der Waals surface area contributed by atoms with E-state index in [1.165, 1.54) is 0 Å². The van der Waals surface area contributed by atoms with E-state index >= 15 is 0 Å². The van der Waals surface area contributed by atoms with Crippen LogP contribution in [-0.4, -0.2) is 48.8 Å². The van der Waals surface area contributed by atoms with Gasteiger partial charge in [0.1, 0.15) is 0 Å². The molecule has 0 saturated heterocycles. The average Bonchev–Trinajstić information content (AvgIpc) is 2.63. The van der Waals surface area contributed by atoms with Crippen molar-refractivity contribution in [1.29, 1.82) is 0 Å². The highest BCUT2D eigenvalue weighted by Gasteiger charge is 2.16. The lowest BCUT2D eigenvalue weighted by molar-refractivity contribution is -0.139. The molecule has 0 saturated carbocycles. The second-order valence-corrected chi connectivity index (χ2v) is 4.75. The predicted octanol–water partition coefficient (Wildman–Crippen LogP) is 1.73. The molecule has 0 spiro atoms. The Kier molecular flexibility index (Phi) is 11.6. The van der Waals surface area contributed by atoms with E-state index < -0.39 is 23.9 Å². The molecule has 8 nitrogen and oxygen atoms in total. The minimum atomic E-state index is -1.21. The summed E-state index contributed by atoms with van der Waals surface area (Å²) in [6.45, 7) is 9.47. The van der Waals surface area contributed by atoms with Crippen LogP contribution >= 0.6 is 0 Å². The van der Waals surface area contributed by atoms with Gasteiger partial charge in [-0.3, -0.25) is 0 Å². The number of rotatable bonds is 13. The van der Waals surface area contributed by atoms with Crippen LogP contribution in [0.5, 0.6) is 0 Å². The molecular weight excluding hydrogens is 344 g/mol. The van der Waals surface area contributed by atoms with Gasteiger partial charge in [-0.15, -0.1) is 0 Å².